The molecule has 0 aliphatic carbocycles. The molecule has 1 heterocycles. The third-order valence-electron chi connectivity index (χ3n) is 1.50. The van der Waals surface area contributed by atoms with E-state index in [0.29, 0.717) is 15.2 Å². The highest BCUT2D eigenvalue weighted by Crippen LogP contribution is 2.10. The summed E-state index contributed by atoms with van der Waals surface area (Å²) < 4.78 is 31.6. The van der Waals surface area contributed by atoms with Gasteiger partial charge in [0.1, 0.15) is 0 Å². The molecule has 0 spiro atoms. The molecular weight excluding hydrogens is 211 g/mol. The van der Waals surface area contributed by atoms with E-state index in [9.17, 15) is 0 Å². The molecule has 0 aromatic heterocycles. The molecule has 1 saturated heterocycles. The zero-order valence-corrected chi connectivity index (χ0v) is 10.0. The quantitative estimate of drug-likeness (QED) is 0.362. The van der Waals surface area contributed by atoms with E-state index in [-0.39, 0.29) is 12.3 Å². The predicted octanol–water partition coefficient (Wildman–Crippen LogP) is 1.11. The van der Waals surface area contributed by atoms with Gasteiger partial charge in [0.15, 0.2) is 0 Å². The van der Waals surface area contributed by atoms with Crippen molar-refractivity contribution in [2.75, 3.05) is 0 Å². The van der Waals surface area contributed by atoms with Gasteiger partial charge in [-0.25, -0.2) is 0 Å². The lowest BCUT2D eigenvalue weighted by molar-refractivity contribution is 0.381. The first-order chi connectivity index (χ1) is 5.00. The predicted molar refractivity (Wildman–Crippen MR) is 54.8 cm³/mol. The number of hydrogen-bond donors (Lipinski definition) is 4. The third-order valence-corrected chi connectivity index (χ3v) is 3.50. The molecule has 0 atom stereocenters. The summed E-state index contributed by atoms with van der Waals surface area (Å²) in [7, 11) is -4.67. The summed E-state index contributed by atoms with van der Waals surface area (Å²) in [5, 5.41) is 3.28. The molecule has 0 aromatic carbocycles. The highest BCUT2D eigenvalue weighted by atomic mass is 32.3. The van der Waals surface area contributed by atoms with Gasteiger partial charge in [-0.1, -0.05) is 29.8 Å². The van der Waals surface area contributed by atoms with Gasteiger partial charge in [0.25, 0.3) is 0 Å². The summed E-state index contributed by atoms with van der Waals surface area (Å²) >= 11 is 0.508. The molecule has 1 aliphatic rings. The maximum atomic E-state index is 8.74. The van der Waals surface area contributed by atoms with Crippen LogP contribution in [0.4, 0.5) is 0 Å². The van der Waals surface area contributed by atoms with Crippen molar-refractivity contribution in [1.29, 1.82) is 0 Å². The van der Waals surface area contributed by atoms with Crippen molar-refractivity contribution < 1.29 is 17.5 Å². The van der Waals surface area contributed by atoms with Crippen LogP contribution >= 0.6 is 0 Å². The minimum atomic E-state index is -4.67. The molecule has 8 heteroatoms. The molecule has 0 bridgehead atoms. The fraction of sp³-hybridized carbons (Fsp3) is 1.00. The second-order valence-electron chi connectivity index (χ2n) is 2.57. The normalized spacial score (nSPS) is 14.9. The standard InChI is InChI=1S/C5H10.Al.2H3N.H2O4S.H/c1-3-5-4-2;;;;1-5(2,3)4;/h1-5H2;;2*1H3;(H2,1,2,3,4);. The molecule has 82 valence electrons. The van der Waals surface area contributed by atoms with Crippen LogP contribution in [0, 0.1) is 0 Å². The first-order valence-electron chi connectivity index (χ1n) is 3.70. The van der Waals surface area contributed by atoms with E-state index in [0.717, 1.165) is 0 Å². The van der Waals surface area contributed by atoms with E-state index in [1.54, 1.807) is 23.4 Å². The monoisotopic (exact) mass is 230 g/mol. The van der Waals surface area contributed by atoms with Crippen LogP contribution in [0.2, 0.25) is 10.6 Å². The van der Waals surface area contributed by atoms with E-state index in [2.05, 4.69) is 0 Å². The van der Waals surface area contributed by atoms with E-state index in [4.69, 9.17) is 17.5 Å². The summed E-state index contributed by atoms with van der Waals surface area (Å²) in [6.07, 6.45) is 4.66. The zero-order valence-electron chi connectivity index (χ0n) is 7.78. The SMILES string of the molecule is C1C[CH2][AlH][CH2]C1.N.N.O=S(=O)(O)O. The second kappa shape index (κ2) is 10.4. The van der Waals surface area contributed by atoms with Gasteiger partial charge in [0.05, 0.1) is 0 Å². The van der Waals surface area contributed by atoms with Gasteiger partial charge in [-0.2, -0.15) is 8.42 Å². The van der Waals surface area contributed by atoms with Gasteiger partial charge < -0.3 is 12.3 Å². The maximum absolute atomic E-state index is 8.74. The molecule has 8 N–H and O–H groups in total. The minimum absolute atomic E-state index is 0. The zero-order chi connectivity index (χ0) is 8.74. The molecule has 0 unspecified atom stereocenters. The summed E-state index contributed by atoms with van der Waals surface area (Å²) in [5.41, 5.74) is 0. The maximum Gasteiger partial charge on any atom is 0.394 e. The Morgan fingerprint density at radius 3 is 1.31 bits per heavy atom. The van der Waals surface area contributed by atoms with Crippen LogP contribution in [0.5, 0.6) is 0 Å². The van der Waals surface area contributed by atoms with E-state index in [1.165, 1.54) is 6.42 Å². The Bertz CT molecular complexity index is 161. The van der Waals surface area contributed by atoms with Crippen LogP contribution in [-0.2, 0) is 10.4 Å². The first-order valence-corrected chi connectivity index (χ1v) is 7.10. The van der Waals surface area contributed by atoms with Gasteiger partial charge >= 0.3 is 10.4 Å². The first kappa shape index (κ1) is 19.0. The lowest BCUT2D eigenvalue weighted by Crippen LogP contribution is -1.94. The molecule has 6 nitrogen and oxygen atoms in total. The van der Waals surface area contributed by atoms with Gasteiger partial charge in [-0.05, 0) is 0 Å². The Balaban J connectivity index is -0.000000136. The lowest BCUT2D eigenvalue weighted by atomic mass is 10.3. The van der Waals surface area contributed by atoms with Crippen LogP contribution in [-0.4, -0.2) is 32.7 Å². The third kappa shape index (κ3) is 32.8. The summed E-state index contributed by atoms with van der Waals surface area (Å²) in [6, 6.07) is 0. The van der Waals surface area contributed by atoms with Crippen molar-refractivity contribution in [2.24, 2.45) is 0 Å². The Labute approximate surface area is 85.6 Å². The molecule has 1 rings (SSSR count). The number of rotatable bonds is 0. The van der Waals surface area contributed by atoms with Crippen LogP contribution in [0.25, 0.3) is 0 Å². The Kier molecular flexibility index (Phi) is 15.2. The van der Waals surface area contributed by atoms with E-state index < -0.39 is 10.4 Å². The molecule has 0 saturated carbocycles. The van der Waals surface area contributed by atoms with Crippen LogP contribution in [0.3, 0.4) is 0 Å². The van der Waals surface area contributed by atoms with Gasteiger partial charge in [0.2, 0.25) is 15.2 Å². The van der Waals surface area contributed by atoms with E-state index in [1.807, 2.05) is 0 Å². The molecule has 13 heavy (non-hydrogen) atoms. The van der Waals surface area contributed by atoms with Crippen LogP contribution < -0.4 is 12.3 Å². The van der Waals surface area contributed by atoms with Crippen molar-refractivity contribution in [3.8, 4) is 0 Å². The van der Waals surface area contributed by atoms with Crippen molar-refractivity contribution in [3.63, 3.8) is 0 Å². The molecule has 0 aromatic rings. The van der Waals surface area contributed by atoms with E-state index >= 15 is 0 Å². The second-order valence-corrected chi connectivity index (χ2v) is 5.59. The molecular formula is C5H19AlN2O4S. The van der Waals surface area contributed by atoms with Gasteiger partial charge in [0, 0.05) is 0 Å². The van der Waals surface area contributed by atoms with Crippen molar-refractivity contribution in [1.82, 2.24) is 12.3 Å². The highest BCUT2D eigenvalue weighted by Gasteiger charge is 1.99. The average molecular weight is 230 g/mol. The largest absolute Gasteiger partial charge is 0.394 e. The highest BCUT2D eigenvalue weighted by molar-refractivity contribution is 7.79. The fourth-order valence-corrected chi connectivity index (χ4v) is 2.83. The smallest absolute Gasteiger partial charge is 0.344 e. The molecule has 1 aliphatic heterocycles. The molecule has 1 fully saturated rings. The fourth-order valence-electron chi connectivity index (χ4n) is 1.06. The molecule has 0 radical (unpaired) electrons. The van der Waals surface area contributed by atoms with Crippen LogP contribution in [0.1, 0.15) is 19.3 Å². The van der Waals surface area contributed by atoms with Crippen LogP contribution in [0.15, 0.2) is 0 Å². The lowest BCUT2D eigenvalue weighted by Gasteiger charge is -2.03. The van der Waals surface area contributed by atoms with Crippen molar-refractivity contribution in [3.05, 3.63) is 0 Å². The Morgan fingerprint density at radius 2 is 1.23 bits per heavy atom. The average Bonchev–Trinajstić information content (AvgIpc) is 1.88. The molecule has 0 amide bonds. The Morgan fingerprint density at radius 1 is 0.923 bits per heavy atom. The van der Waals surface area contributed by atoms with Gasteiger partial charge in [-0.3, -0.25) is 9.11 Å². The minimum Gasteiger partial charge on any atom is -0.344 e. The van der Waals surface area contributed by atoms with Crippen molar-refractivity contribution in [2.45, 2.75) is 29.8 Å². The van der Waals surface area contributed by atoms with Gasteiger partial charge in [-0.15, -0.1) is 0 Å². The summed E-state index contributed by atoms with van der Waals surface area (Å²) in [6.45, 7) is 0. The summed E-state index contributed by atoms with van der Waals surface area (Å²) in [5.74, 6) is 0. The van der Waals surface area contributed by atoms with Crippen molar-refractivity contribution >= 4 is 25.6 Å². The summed E-state index contributed by atoms with van der Waals surface area (Å²) in [4.78, 5) is 0. The number of hydrogen-bond acceptors (Lipinski definition) is 4. The Hall–Kier alpha value is 0.322. The topological polar surface area (TPSA) is 145 Å².